The molecule has 0 aromatic heterocycles. The molecule has 57 heavy (non-hydrogen) atoms. The van der Waals surface area contributed by atoms with Crippen molar-refractivity contribution in [2.45, 2.75) is 180 Å². The summed E-state index contributed by atoms with van der Waals surface area (Å²) in [6.07, 6.45) is 49.3. The lowest BCUT2D eigenvalue weighted by molar-refractivity contribution is -0.889. The van der Waals surface area contributed by atoms with E-state index in [9.17, 15) is 19.5 Å². The Balaban J connectivity index is 4.44. The van der Waals surface area contributed by atoms with Crippen molar-refractivity contribution in [2.24, 2.45) is 0 Å². The molecule has 0 rings (SSSR count). The highest BCUT2D eigenvalue weighted by Gasteiger charge is 2.25. The van der Waals surface area contributed by atoms with Crippen LogP contribution in [-0.4, -0.2) is 75.5 Å². The van der Waals surface area contributed by atoms with Crippen LogP contribution in [-0.2, 0) is 28.6 Å². The van der Waals surface area contributed by atoms with Gasteiger partial charge < -0.3 is 28.6 Å². The number of hydrogen-bond acceptors (Lipinski definition) is 7. The average molecular weight is 798 g/mol. The Morgan fingerprint density at radius 3 is 1.42 bits per heavy atom. The second-order valence-electron chi connectivity index (χ2n) is 15.9. The molecule has 0 aliphatic rings. The van der Waals surface area contributed by atoms with E-state index < -0.39 is 18.1 Å². The number of aliphatic carboxylic acids is 1. The van der Waals surface area contributed by atoms with Crippen LogP contribution in [0, 0.1) is 0 Å². The van der Waals surface area contributed by atoms with Crippen LogP contribution >= 0.6 is 0 Å². The minimum absolute atomic E-state index is 0.0171. The Bertz CT molecular complexity index is 1160. The third-order valence-electron chi connectivity index (χ3n) is 9.57. The topological polar surface area (TPSA) is 102 Å². The third-order valence-corrected chi connectivity index (χ3v) is 9.57. The number of likely N-dealkylation sites (N-methyl/N-ethyl adjacent to an activating group) is 1. The Hall–Kier alpha value is -3.23. The fourth-order valence-corrected chi connectivity index (χ4v) is 6.02. The fraction of sp³-hybridized carbons (Fsp3) is 0.694. The maximum absolute atomic E-state index is 12.7. The minimum Gasteiger partial charge on any atom is -0.544 e. The van der Waals surface area contributed by atoms with E-state index in [-0.39, 0.29) is 49.1 Å². The molecule has 0 aromatic carbocycles. The lowest BCUT2D eigenvalue weighted by Gasteiger charge is -2.34. The maximum atomic E-state index is 12.7. The summed E-state index contributed by atoms with van der Waals surface area (Å²) in [6, 6.07) is -0.738. The molecule has 0 heterocycles. The number of carbonyl (C=O) groups is 3. The van der Waals surface area contributed by atoms with E-state index in [0.29, 0.717) is 12.8 Å². The average Bonchev–Trinajstić information content (AvgIpc) is 3.17. The van der Waals surface area contributed by atoms with E-state index in [1.54, 1.807) is 21.1 Å². The molecular formula is C49H83NO7. The third kappa shape index (κ3) is 38.1. The van der Waals surface area contributed by atoms with Crippen LogP contribution in [0.3, 0.4) is 0 Å². The second kappa shape index (κ2) is 39.6. The Morgan fingerprint density at radius 1 is 0.526 bits per heavy atom. The van der Waals surface area contributed by atoms with Gasteiger partial charge in [-0.25, -0.2) is 0 Å². The predicted molar refractivity (Wildman–Crippen MR) is 235 cm³/mol. The van der Waals surface area contributed by atoms with Crippen molar-refractivity contribution >= 4 is 17.9 Å². The van der Waals surface area contributed by atoms with E-state index >= 15 is 0 Å². The van der Waals surface area contributed by atoms with Gasteiger partial charge in [-0.05, 0) is 89.9 Å². The number of esters is 2. The van der Waals surface area contributed by atoms with Gasteiger partial charge in [0.2, 0.25) is 0 Å². The number of carboxylic acids is 1. The SMILES string of the molecule is CCCCC/C=C/C/C=C/C/C=C/C/C=C/C/C=C/CCCCC(=O)OC(COCCC(C(=O)[O-])[N+](C)(C)C)COC(=O)CCCCCCC/C=C/CCCCC. The largest absolute Gasteiger partial charge is 0.544 e. The minimum atomic E-state index is -1.14. The first-order chi connectivity index (χ1) is 27.6. The highest BCUT2D eigenvalue weighted by atomic mass is 16.6. The molecule has 2 unspecified atom stereocenters. The second-order valence-corrected chi connectivity index (χ2v) is 15.9. The first-order valence-electron chi connectivity index (χ1n) is 22.5. The molecule has 0 saturated heterocycles. The van der Waals surface area contributed by atoms with Crippen LogP contribution in [0.2, 0.25) is 0 Å². The lowest BCUT2D eigenvalue weighted by Crippen LogP contribution is -2.55. The van der Waals surface area contributed by atoms with Gasteiger partial charge in [0.1, 0.15) is 12.6 Å². The van der Waals surface area contributed by atoms with Gasteiger partial charge in [0.25, 0.3) is 0 Å². The number of carboxylic acid groups (broad SMARTS) is 1. The van der Waals surface area contributed by atoms with Gasteiger partial charge in [-0.15, -0.1) is 0 Å². The molecule has 0 amide bonds. The number of hydrogen-bond donors (Lipinski definition) is 0. The van der Waals surface area contributed by atoms with E-state index in [4.69, 9.17) is 14.2 Å². The number of quaternary nitrogens is 1. The summed E-state index contributed by atoms with van der Waals surface area (Å²) in [5.41, 5.74) is 0. The van der Waals surface area contributed by atoms with Gasteiger partial charge in [0, 0.05) is 19.3 Å². The number of allylic oxidation sites excluding steroid dienone is 12. The Labute approximate surface area is 349 Å². The van der Waals surface area contributed by atoms with Crippen molar-refractivity contribution < 1.29 is 38.2 Å². The summed E-state index contributed by atoms with van der Waals surface area (Å²) in [7, 11) is 5.38. The van der Waals surface area contributed by atoms with Crippen LogP contribution in [0.25, 0.3) is 0 Å². The van der Waals surface area contributed by atoms with E-state index in [2.05, 4.69) is 86.8 Å². The van der Waals surface area contributed by atoms with Crippen molar-refractivity contribution in [3.05, 3.63) is 72.9 Å². The van der Waals surface area contributed by atoms with E-state index in [0.717, 1.165) is 70.6 Å². The van der Waals surface area contributed by atoms with Crippen molar-refractivity contribution in [1.82, 2.24) is 0 Å². The summed E-state index contributed by atoms with van der Waals surface area (Å²) < 4.78 is 17.1. The zero-order valence-corrected chi connectivity index (χ0v) is 37.0. The van der Waals surface area contributed by atoms with Gasteiger partial charge in [-0.1, -0.05) is 132 Å². The van der Waals surface area contributed by atoms with Gasteiger partial charge in [0.05, 0.1) is 40.3 Å². The number of rotatable bonds is 39. The fourth-order valence-electron chi connectivity index (χ4n) is 6.02. The molecule has 0 fully saturated rings. The van der Waals surface area contributed by atoms with Crippen LogP contribution < -0.4 is 5.11 Å². The molecule has 8 nitrogen and oxygen atoms in total. The molecule has 0 radical (unpaired) electrons. The molecular weight excluding hydrogens is 715 g/mol. The van der Waals surface area contributed by atoms with Gasteiger partial charge in [0.15, 0.2) is 6.10 Å². The summed E-state index contributed by atoms with van der Waals surface area (Å²) in [5, 5.41) is 11.6. The van der Waals surface area contributed by atoms with Gasteiger partial charge in [-0.3, -0.25) is 9.59 Å². The molecule has 0 aliphatic heterocycles. The molecule has 0 spiro atoms. The quantitative estimate of drug-likeness (QED) is 0.0264. The Kier molecular flexibility index (Phi) is 37.3. The van der Waals surface area contributed by atoms with Crippen LogP contribution in [0.5, 0.6) is 0 Å². The monoisotopic (exact) mass is 798 g/mol. The van der Waals surface area contributed by atoms with Crippen molar-refractivity contribution in [3.63, 3.8) is 0 Å². The summed E-state index contributed by atoms with van der Waals surface area (Å²) in [6.45, 7) is 4.54. The van der Waals surface area contributed by atoms with Crippen molar-refractivity contribution in [1.29, 1.82) is 0 Å². The van der Waals surface area contributed by atoms with Gasteiger partial charge >= 0.3 is 11.9 Å². The lowest BCUT2D eigenvalue weighted by atomic mass is 10.1. The Morgan fingerprint density at radius 2 is 0.930 bits per heavy atom. The van der Waals surface area contributed by atoms with E-state index in [1.807, 2.05) is 0 Å². The number of ether oxygens (including phenoxy) is 3. The molecule has 0 bridgehead atoms. The van der Waals surface area contributed by atoms with Crippen LogP contribution in [0.15, 0.2) is 72.9 Å². The van der Waals surface area contributed by atoms with Gasteiger partial charge in [-0.2, -0.15) is 0 Å². The molecule has 0 aliphatic carbocycles. The summed E-state index contributed by atoms with van der Waals surface area (Å²) in [5.74, 6) is -1.81. The summed E-state index contributed by atoms with van der Waals surface area (Å²) in [4.78, 5) is 36.8. The molecule has 0 N–H and O–H groups in total. The molecule has 0 saturated carbocycles. The first kappa shape index (κ1) is 53.8. The zero-order valence-electron chi connectivity index (χ0n) is 37.0. The van der Waals surface area contributed by atoms with Crippen LogP contribution in [0.1, 0.15) is 168 Å². The molecule has 326 valence electrons. The molecule has 0 aromatic rings. The maximum Gasteiger partial charge on any atom is 0.306 e. The normalized spacial score (nSPS) is 13.6. The van der Waals surface area contributed by atoms with Crippen molar-refractivity contribution in [3.8, 4) is 0 Å². The van der Waals surface area contributed by atoms with E-state index in [1.165, 1.54) is 57.8 Å². The standard InChI is InChI=1S/C49H83NO7/c1-6-8-10-12-14-16-18-20-21-22-23-24-25-26-27-28-30-32-34-36-38-40-48(52)57-45(43-55-42-41-46(49(53)54)50(3,4)5)44-56-47(51)39-37-35-33-31-29-19-17-15-13-11-9-7-2/h14-17,20-21,23-24,26-27,30,32,45-46H,6-13,18-19,22,25,28-29,31,33-44H2,1-5H3/b16-14+,17-15+,21-20+,24-23+,27-26+,32-30+. The first-order valence-corrected chi connectivity index (χ1v) is 22.5. The van der Waals surface area contributed by atoms with Crippen LogP contribution in [0.4, 0.5) is 0 Å². The predicted octanol–water partition coefficient (Wildman–Crippen LogP) is 11.0. The highest BCUT2D eigenvalue weighted by Crippen LogP contribution is 2.12. The number of unbranched alkanes of at least 4 members (excludes halogenated alkanes) is 13. The zero-order chi connectivity index (χ0) is 42.1. The summed E-state index contributed by atoms with van der Waals surface area (Å²) >= 11 is 0. The number of nitrogens with zero attached hydrogens (tertiary/aromatic N) is 1. The smallest absolute Gasteiger partial charge is 0.306 e. The highest BCUT2D eigenvalue weighted by molar-refractivity contribution is 5.70. The number of carbonyl (C=O) groups excluding carboxylic acids is 3. The molecule has 2 atom stereocenters. The van der Waals surface area contributed by atoms with Crippen molar-refractivity contribution in [2.75, 3.05) is 41.0 Å². The molecule has 8 heteroatoms.